The van der Waals surface area contributed by atoms with E-state index in [1.807, 2.05) is 43.3 Å². The van der Waals surface area contributed by atoms with Crippen LogP contribution in [-0.4, -0.2) is 6.61 Å². The van der Waals surface area contributed by atoms with Crippen LogP contribution in [0, 0.1) is 5.82 Å². The van der Waals surface area contributed by atoms with Gasteiger partial charge in [0.05, 0.1) is 6.61 Å². The molecule has 0 saturated heterocycles. The van der Waals surface area contributed by atoms with Crippen LogP contribution in [0.15, 0.2) is 48.5 Å². The lowest BCUT2D eigenvalue weighted by atomic mass is 10.0. The van der Waals surface area contributed by atoms with Crippen molar-refractivity contribution in [2.75, 3.05) is 6.61 Å². The second-order valence-electron chi connectivity index (χ2n) is 4.30. The van der Waals surface area contributed by atoms with E-state index >= 15 is 0 Å². The highest BCUT2D eigenvalue weighted by molar-refractivity contribution is 9.09. The van der Waals surface area contributed by atoms with Gasteiger partial charge in [0.25, 0.3) is 0 Å². The minimum absolute atomic E-state index is 0.198. The molecule has 0 amide bonds. The summed E-state index contributed by atoms with van der Waals surface area (Å²) in [4.78, 5) is 0.216. The van der Waals surface area contributed by atoms with Crippen molar-refractivity contribution in [3.63, 3.8) is 0 Å². The van der Waals surface area contributed by atoms with Gasteiger partial charge >= 0.3 is 0 Å². The lowest BCUT2D eigenvalue weighted by Crippen LogP contribution is -1.96. The quantitative estimate of drug-likeness (QED) is 0.711. The van der Waals surface area contributed by atoms with E-state index in [1.54, 1.807) is 0 Å². The van der Waals surface area contributed by atoms with Crippen LogP contribution in [0.1, 0.15) is 22.9 Å². The number of alkyl halides is 1. The Morgan fingerprint density at radius 3 is 2.26 bits per heavy atom. The van der Waals surface area contributed by atoms with Gasteiger partial charge in [0.2, 0.25) is 0 Å². The number of halogens is 2. The minimum atomic E-state index is -0.198. The normalized spacial score (nSPS) is 12.2. The molecule has 0 heterocycles. The first kappa shape index (κ1) is 14.1. The number of benzene rings is 2. The van der Waals surface area contributed by atoms with E-state index < -0.39 is 0 Å². The van der Waals surface area contributed by atoms with Crippen molar-refractivity contribution in [3.8, 4) is 5.75 Å². The Morgan fingerprint density at radius 2 is 1.68 bits per heavy atom. The van der Waals surface area contributed by atoms with E-state index in [0.717, 1.165) is 17.7 Å². The van der Waals surface area contributed by atoms with Crippen LogP contribution in [0.2, 0.25) is 0 Å². The zero-order chi connectivity index (χ0) is 13.7. The molecule has 1 atom stereocenters. The second kappa shape index (κ2) is 6.71. The molecule has 3 heteroatoms. The molecule has 0 saturated carbocycles. The van der Waals surface area contributed by atoms with Crippen molar-refractivity contribution in [1.29, 1.82) is 0 Å². The first-order valence-corrected chi connectivity index (χ1v) is 7.22. The second-order valence-corrected chi connectivity index (χ2v) is 5.41. The van der Waals surface area contributed by atoms with E-state index in [1.165, 1.54) is 17.7 Å². The summed E-state index contributed by atoms with van der Waals surface area (Å²) in [7, 11) is 0. The first-order chi connectivity index (χ1) is 9.19. The fraction of sp³-hybridized carbons (Fsp3) is 0.250. The molecule has 0 aliphatic rings. The van der Waals surface area contributed by atoms with Crippen molar-refractivity contribution in [2.24, 2.45) is 0 Å². The fourth-order valence-electron chi connectivity index (χ4n) is 1.88. The molecule has 0 fully saturated rings. The van der Waals surface area contributed by atoms with Crippen LogP contribution in [0.4, 0.5) is 4.39 Å². The molecular formula is C16H16BrFO. The van der Waals surface area contributed by atoms with Gasteiger partial charge in [-0.25, -0.2) is 4.39 Å². The van der Waals surface area contributed by atoms with Crippen molar-refractivity contribution in [2.45, 2.75) is 18.2 Å². The van der Waals surface area contributed by atoms with E-state index in [4.69, 9.17) is 4.74 Å². The maximum Gasteiger partial charge on any atom is 0.123 e. The zero-order valence-corrected chi connectivity index (χ0v) is 12.4. The van der Waals surface area contributed by atoms with Gasteiger partial charge in [0.15, 0.2) is 0 Å². The number of ether oxygens (including phenoxy) is 1. The Kier molecular flexibility index (Phi) is 4.97. The Bertz CT molecular complexity index is 507. The zero-order valence-electron chi connectivity index (χ0n) is 10.8. The Labute approximate surface area is 121 Å². The summed E-state index contributed by atoms with van der Waals surface area (Å²) in [5, 5.41) is 0. The van der Waals surface area contributed by atoms with Crippen LogP contribution in [0.3, 0.4) is 0 Å². The minimum Gasteiger partial charge on any atom is -0.494 e. The van der Waals surface area contributed by atoms with Gasteiger partial charge in [-0.2, -0.15) is 0 Å². The lowest BCUT2D eigenvalue weighted by Gasteiger charge is -2.11. The smallest absolute Gasteiger partial charge is 0.123 e. The molecule has 0 aliphatic carbocycles. The molecule has 2 aromatic carbocycles. The summed E-state index contributed by atoms with van der Waals surface area (Å²) in [6.45, 7) is 2.64. The predicted molar refractivity (Wildman–Crippen MR) is 79.4 cm³/mol. The molecule has 2 rings (SSSR count). The predicted octanol–water partition coefficient (Wildman–Crippen LogP) is 4.90. The van der Waals surface area contributed by atoms with Gasteiger partial charge in [-0.15, -0.1) is 0 Å². The molecule has 0 aliphatic heterocycles. The van der Waals surface area contributed by atoms with Crippen LogP contribution >= 0.6 is 15.9 Å². The Morgan fingerprint density at radius 1 is 1.05 bits per heavy atom. The third-order valence-corrected chi connectivity index (χ3v) is 3.73. The molecule has 0 bridgehead atoms. The largest absolute Gasteiger partial charge is 0.494 e. The van der Waals surface area contributed by atoms with Gasteiger partial charge in [-0.3, -0.25) is 0 Å². The van der Waals surface area contributed by atoms with Crippen molar-refractivity contribution in [1.82, 2.24) is 0 Å². The third-order valence-electron chi connectivity index (χ3n) is 2.88. The Hall–Kier alpha value is -1.35. The van der Waals surface area contributed by atoms with Crippen molar-refractivity contribution in [3.05, 3.63) is 65.5 Å². The molecule has 0 spiro atoms. The highest BCUT2D eigenvalue weighted by Crippen LogP contribution is 2.28. The average Bonchev–Trinajstić information content (AvgIpc) is 2.42. The summed E-state index contributed by atoms with van der Waals surface area (Å²) in [5.41, 5.74) is 2.30. The Balaban J connectivity index is 2.02. The van der Waals surface area contributed by atoms with E-state index in [0.29, 0.717) is 6.61 Å². The fourth-order valence-corrected chi connectivity index (χ4v) is 2.56. The SMILES string of the molecule is CCOc1ccc(C(Br)Cc2ccc(F)cc2)cc1. The molecule has 0 radical (unpaired) electrons. The van der Waals surface area contributed by atoms with E-state index in [2.05, 4.69) is 15.9 Å². The average molecular weight is 323 g/mol. The summed E-state index contributed by atoms with van der Waals surface area (Å²) in [6.07, 6.45) is 0.828. The van der Waals surface area contributed by atoms with Crippen LogP contribution in [0.25, 0.3) is 0 Å². The van der Waals surface area contributed by atoms with Crippen molar-refractivity contribution >= 4 is 15.9 Å². The van der Waals surface area contributed by atoms with E-state index in [9.17, 15) is 4.39 Å². The molecule has 100 valence electrons. The number of hydrogen-bond donors (Lipinski definition) is 0. The summed E-state index contributed by atoms with van der Waals surface area (Å²) in [6, 6.07) is 14.7. The maximum atomic E-state index is 12.8. The van der Waals surface area contributed by atoms with Gasteiger partial charge < -0.3 is 4.74 Å². The lowest BCUT2D eigenvalue weighted by molar-refractivity contribution is 0.340. The van der Waals surface area contributed by atoms with Gasteiger partial charge in [-0.05, 0) is 48.7 Å². The maximum absolute atomic E-state index is 12.8. The molecule has 19 heavy (non-hydrogen) atoms. The highest BCUT2D eigenvalue weighted by atomic mass is 79.9. The van der Waals surface area contributed by atoms with Crippen LogP contribution in [-0.2, 0) is 6.42 Å². The topological polar surface area (TPSA) is 9.23 Å². The van der Waals surface area contributed by atoms with Gasteiger partial charge in [-0.1, -0.05) is 40.2 Å². The summed E-state index contributed by atoms with van der Waals surface area (Å²) >= 11 is 3.67. The standard InChI is InChI=1S/C16H16BrFO/c1-2-19-15-9-5-13(6-10-15)16(17)11-12-3-7-14(18)8-4-12/h3-10,16H,2,11H2,1H3. The molecule has 0 N–H and O–H groups in total. The molecular weight excluding hydrogens is 307 g/mol. The van der Waals surface area contributed by atoms with Gasteiger partial charge in [0.1, 0.15) is 11.6 Å². The third kappa shape index (κ3) is 4.06. The first-order valence-electron chi connectivity index (χ1n) is 6.30. The van der Waals surface area contributed by atoms with E-state index in [-0.39, 0.29) is 10.6 Å². The highest BCUT2D eigenvalue weighted by Gasteiger charge is 2.08. The summed E-state index contributed by atoms with van der Waals surface area (Å²) < 4.78 is 18.3. The van der Waals surface area contributed by atoms with Crippen molar-refractivity contribution < 1.29 is 9.13 Å². The monoisotopic (exact) mass is 322 g/mol. The molecule has 1 unspecified atom stereocenters. The van der Waals surface area contributed by atoms with Crippen LogP contribution < -0.4 is 4.74 Å². The molecule has 0 aromatic heterocycles. The van der Waals surface area contributed by atoms with Crippen LogP contribution in [0.5, 0.6) is 5.75 Å². The molecule has 1 nitrogen and oxygen atoms in total. The number of rotatable bonds is 5. The van der Waals surface area contributed by atoms with Gasteiger partial charge in [0, 0.05) is 4.83 Å². The summed E-state index contributed by atoms with van der Waals surface area (Å²) in [5.74, 6) is 0.684. The molecule has 2 aromatic rings. The number of hydrogen-bond acceptors (Lipinski definition) is 1.